The lowest BCUT2D eigenvalue weighted by atomic mass is 9.90. The highest BCUT2D eigenvalue weighted by Crippen LogP contribution is 2.47. The molecule has 2 aliphatic rings. The second-order valence-corrected chi connectivity index (χ2v) is 9.99. The predicted molar refractivity (Wildman–Crippen MR) is 57.2 cm³/mol. The van der Waals surface area contributed by atoms with E-state index >= 15 is 0 Å². The summed E-state index contributed by atoms with van der Waals surface area (Å²) < 4.78 is 5.71. The SMILES string of the molecule is C[Si](C)(C)C#C[C@@]12CCCC[C@H]1O2. The number of rotatable bonds is 0. The summed E-state index contributed by atoms with van der Waals surface area (Å²) in [6.07, 6.45) is 5.54. The van der Waals surface area contributed by atoms with Crippen molar-refractivity contribution in [3.8, 4) is 11.5 Å². The lowest BCUT2D eigenvalue weighted by Crippen LogP contribution is -2.21. The Morgan fingerprint density at radius 2 is 2.08 bits per heavy atom. The van der Waals surface area contributed by atoms with E-state index < -0.39 is 8.07 Å². The van der Waals surface area contributed by atoms with Gasteiger partial charge in [-0.3, -0.25) is 0 Å². The van der Waals surface area contributed by atoms with Crippen LogP contribution in [0.25, 0.3) is 0 Å². The third kappa shape index (κ3) is 1.97. The van der Waals surface area contributed by atoms with Crippen LogP contribution in [0.3, 0.4) is 0 Å². The molecule has 0 aromatic carbocycles. The van der Waals surface area contributed by atoms with Crippen LogP contribution < -0.4 is 0 Å². The summed E-state index contributed by atoms with van der Waals surface area (Å²) in [5, 5.41) is 0. The van der Waals surface area contributed by atoms with Crippen molar-refractivity contribution >= 4 is 8.07 Å². The molecule has 0 aromatic rings. The summed E-state index contributed by atoms with van der Waals surface area (Å²) in [5.74, 6) is 3.40. The van der Waals surface area contributed by atoms with Crippen molar-refractivity contribution in [1.82, 2.24) is 0 Å². The van der Waals surface area contributed by atoms with Crippen molar-refractivity contribution in [2.45, 2.75) is 57.0 Å². The molecule has 1 aliphatic heterocycles. The molecule has 1 nitrogen and oxygen atoms in total. The van der Waals surface area contributed by atoms with Gasteiger partial charge in [-0.2, -0.15) is 0 Å². The maximum atomic E-state index is 5.71. The molecule has 72 valence electrons. The number of fused-ring (bicyclic) bond motifs is 1. The Morgan fingerprint density at radius 1 is 1.31 bits per heavy atom. The van der Waals surface area contributed by atoms with Gasteiger partial charge in [0.1, 0.15) is 8.07 Å². The van der Waals surface area contributed by atoms with E-state index in [1.807, 2.05) is 0 Å². The largest absolute Gasteiger partial charge is 0.352 e. The van der Waals surface area contributed by atoms with Gasteiger partial charge >= 0.3 is 0 Å². The number of epoxide rings is 1. The molecule has 1 saturated heterocycles. The first-order chi connectivity index (χ1) is 6.02. The second kappa shape index (κ2) is 2.86. The van der Waals surface area contributed by atoms with Gasteiger partial charge < -0.3 is 4.74 Å². The minimum atomic E-state index is -1.20. The fourth-order valence-electron chi connectivity index (χ4n) is 1.91. The number of hydrogen-bond donors (Lipinski definition) is 0. The van der Waals surface area contributed by atoms with Gasteiger partial charge in [0.2, 0.25) is 0 Å². The smallest absolute Gasteiger partial charge is 0.154 e. The Hall–Kier alpha value is -0.263. The highest BCUT2D eigenvalue weighted by Gasteiger charge is 2.56. The average Bonchev–Trinajstić information content (AvgIpc) is 2.74. The Kier molecular flexibility index (Phi) is 2.05. The maximum absolute atomic E-state index is 5.71. The Bertz CT molecular complexity index is 268. The summed E-state index contributed by atoms with van der Waals surface area (Å²) in [6, 6.07) is 0. The van der Waals surface area contributed by atoms with Crippen LogP contribution >= 0.6 is 0 Å². The van der Waals surface area contributed by atoms with Gasteiger partial charge in [-0.25, -0.2) is 0 Å². The van der Waals surface area contributed by atoms with Gasteiger partial charge in [0, 0.05) is 0 Å². The Labute approximate surface area is 81.9 Å². The fourth-order valence-corrected chi connectivity index (χ4v) is 2.50. The van der Waals surface area contributed by atoms with Gasteiger partial charge in [0.25, 0.3) is 0 Å². The summed E-state index contributed by atoms with van der Waals surface area (Å²) in [7, 11) is -1.20. The van der Waals surface area contributed by atoms with Gasteiger partial charge in [-0.15, -0.1) is 5.54 Å². The zero-order valence-corrected chi connectivity index (χ0v) is 9.81. The van der Waals surface area contributed by atoms with Crippen LogP contribution in [0.4, 0.5) is 0 Å². The van der Waals surface area contributed by atoms with Crippen LogP contribution in [-0.4, -0.2) is 19.8 Å². The van der Waals surface area contributed by atoms with E-state index in [2.05, 4.69) is 31.1 Å². The molecule has 1 saturated carbocycles. The lowest BCUT2D eigenvalue weighted by molar-refractivity contribution is 0.336. The first kappa shape index (κ1) is 9.30. The maximum Gasteiger partial charge on any atom is 0.154 e. The quantitative estimate of drug-likeness (QED) is 0.328. The molecular weight excluding hydrogens is 176 g/mol. The van der Waals surface area contributed by atoms with E-state index in [-0.39, 0.29) is 5.60 Å². The first-order valence-electron chi connectivity index (χ1n) is 5.24. The topological polar surface area (TPSA) is 12.5 Å². The molecule has 2 atom stereocenters. The Balaban J connectivity index is 2.05. The third-order valence-corrected chi connectivity index (χ3v) is 3.60. The van der Waals surface area contributed by atoms with E-state index in [1.54, 1.807) is 0 Å². The number of ether oxygens (including phenoxy) is 1. The summed E-state index contributed by atoms with van der Waals surface area (Å²) in [6.45, 7) is 6.87. The monoisotopic (exact) mass is 194 g/mol. The molecule has 0 amide bonds. The van der Waals surface area contributed by atoms with Gasteiger partial charge in [-0.05, 0) is 19.3 Å². The van der Waals surface area contributed by atoms with Gasteiger partial charge in [0.05, 0.1) is 6.10 Å². The second-order valence-electron chi connectivity index (χ2n) is 5.24. The molecule has 0 aromatic heterocycles. The van der Waals surface area contributed by atoms with Crippen LogP contribution in [0.5, 0.6) is 0 Å². The van der Waals surface area contributed by atoms with E-state index in [9.17, 15) is 0 Å². The summed E-state index contributed by atoms with van der Waals surface area (Å²) in [4.78, 5) is 0. The average molecular weight is 194 g/mol. The normalized spacial score (nSPS) is 37.3. The molecule has 2 heteroatoms. The summed E-state index contributed by atoms with van der Waals surface area (Å²) in [5.41, 5.74) is 3.46. The fraction of sp³-hybridized carbons (Fsp3) is 0.818. The third-order valence-electron chi connectivity index (χ3n) is 2.73. The van der Waals surface area contributed by atoms with E-state index in [1.165, 1.54) is 25.7 Å². The van der Waals surface area contributed by atoms with Crippen molar-refractivity contribution in [2.24, 2.45) is 0 Å². The molecule has 0 unspecified atom stereocenters. The lowest BCUT2D eigenvalue weighted by Gasteiger charge is -2.12. The van der Waals surface area contributed by atoms with E-state index in [0.717, 1.165) is 0 Å². The van der Waals surface area contributed by atoms with Gasteiger partial charge in [0.15, 0.2) is 5.60 Å². The van der Waals surface area contributed by atoms with Crippen molar-refractivity contribution in [2.75, 3.05) is 0 Å². The number of hydrogen-bond acceptors (Lipinski definition) is 1. The van der Waals surface area contributed by atoms with Crippen LogP contribution in [0, 0.1) is 11.5 Å². The van der Waals surface area contributed by atoms with Crippen molar-refractivity contribution in [3.05, 3.63) is 0 Å². The molecule has 0 spiro atoms. The zero-order valence-electron chi connectivity index (χ0n) is 8.81. The van der Waals surface area contributed by atoms with E-state index in [0.29, 0.717) is 6.10 Å². The molecule has 2 rings (SSSR count). The minimum absolute atomic E-state index is 0.0263. The molecule has 0 radical (unpaired) electrons. The predicted octanol–water partition coefficient (Wildman–Crippen LogP) is 2.58. The molecule has 13 heavy (non-hydrogen) atoms. The van der Waals surface area contributed by atoms with Crippen molar-refractivity contribution < 1.29 is 4.74 Å². The van der Waals surface area contributed by atoms with E-state index in [4.69, 9.17) is 4.74 Å². The first-order valence-corrected chi connectivity index (χ1v) is 8.74. The van der Waals surface area contributed by atoms with Crippen LogP contribution in [0.2, 0.25) is 19.6 Å². The highest BCUT2D eigenvalue weighted by molar-refractivity contribution is 6.83. The molecule has 1 heterocycles. The van der Waals surface area contributed by atoms with Crippen LogP contribution in [-0.2, 0) is 4.74 Å². The summed E-state index contributed by atoms with van der Waals surface area (Å²) >= 11 is 0. The molecule has 0 N–H and O–H groups in total. The Morgan fingerprint density at radius 3 is 2.69 bits per heavy atom. The zero-order chi connectivity index (χ0) is 9.53. The minimum Gasteiger partial charge on any atom is -0.352 e. The molecule has 2 fully saturated rings. The highest BCUT2D eigenvalue weighted by atomic mass is 28.3. The molecular formula is C11H18OSi. The molecule has 0 bridgehead atoms. The van der Waals surface area contributed by atoms with Crippen LogP contribution in [0.15, 0.2) is 0 Å². The van der Waals surface area contributed by atoms with Gasteiger partial charge in [-0.1, -0.05) is 32.0 Å². The van der Waals surface area contributed by atoms with Crippen molar-refractivity contribution in [1.29, 1.82) is 0 Å². The standard InChI is InChI=1S/C11H18OSi/c1-13(2,3)9-8-11-7-5-4-6-10(11)12-11/h10H,4-7H2,1-3H3/t10-,11+/m1/s1. The van der Waals surface area contributed by atoms with Crippen molar-refractivity contribution in [3.63, 3.8) is 0 Å². The molecule has 1 aliphatic carbocycles. The van der Waals surface area contributed by atoms with Crippen LogP contribution in [0.1, 0.15) is 25.7 Å².